The Morgan fingerprint density at radius 2 is 2.28 bits per heavy atom. The van der Waals surface area contributed by atoms with Crippen LogP contribution in [-0.4, -0.2) is 40.2 Å². The van der Waals surface area contributed by atoms with Crippen LogP contribution in [0.1, 0.15) is 31.9 Å². The lowest BCUT2D eigenvalue weighted by Gasteiger charge is -2.36. The number of aryl methyl sites for hydroxylation is 1. The van der Waals surface area contributed by atoms with Crippen LogP contribution in [0.3, 0.4) is 0 Å². The number of aromatic nitrogens is 2. The molecular formula is C13H23N3O2. The summed E-state index contributed by atoms with van der Waals surface area (Å²) in [6.07, 6.45) is 4.65. The first kappa shape index (κ1) is 13.5. The maximum atomic E-state index is 9.60. The summed E-state index contributed by atoms with van der Waals surface area (Å²) in [4.78, 5) is 0. The van der Waals surface area contributed by atoms with Crippen LogP contribution in [0.15, 0.2) is 12.3 Å². The number of nitrogens with zero attached hydrogens (tertiary/aromatic N) is 2. The minimum absolute atomic E-state index is 0.165. The smallest absolute Gasteiger partial charge is 0.0615 e. The maximum Gasteiger partial charge on any atom is 0.0615 e. The van der Waals surface area contributed by atoms with Crippen molar-refractivity contribution < 1.29 is 9.84 Å². The van der Waals surface area contributed by atoms with Crippen molar-refractivity contribution in [3.8, 4) is 0 Å². The standard InChI is InChI=1S/C13H23N3O2/c1-2-7-16-12(3-6-15-16)10-14-13(11-17)4-8-18-9-5-13/h3,6,14,17H,2,4-5,7-11H2,1H3. The summed E-state index contributed by atoms with van der Waals surface area (Å²) in [5.74, 6) is 0. The van der Waals surface area contributed by atoms with Gasteiger partial charge in [-0.25, -0.2) is 0 Å². The molecule has 1 aliphatic rings. The van der Waals surface area contributed by atoms with Crippen LogP contribution < -0.4 is 5.32 Å². The van der Waals surface area contributed by atoms with Gasteiger partial charge in [0, 0.05) is 38.0 Å². The van der Waals surface area contributed by atoms with Gasteiger partial charge in [-0.3, -0.25) is 4.68 Å². The summed E-state index contributed by atoms with van der Waals surface area (Å²) in [7, 11) is 0. The van der Waals surface area contributed by atoms with Crippen molar-refractivity contribution in [3.05, 3.63) is 18.0 Å². The molecule has 1 aliphatic heterocycles. The van der Waals surface area contributed by atoms with Gasteiger partial charge in [-0.15, -0.1) is 0 Å². The molecule has 1 aromatic rings. The monoisotopic (exact) mass is 253 g/mol. The SMILES string of the molecule is CCCn1nccc1CNC1(CO)CCOCC1. The molecule has 0 unspecified atom stereocenters. The average Bonchev–Trinajstić information content (AvgIpc) is 2.86. The molecule has 1 fully saturated rings. The molecule has 0 spiro atoms. The largest absolute Gasteiger partial charge is 0.394 e. The summed E-state index contributed by atoms with van der Waals surface area (Å²) in [5.41, 5.74) is 0.996. The molecule has 0 saturated carbocycles. The molecule has 0 aromatic carbocycles. The van der Waals surface area contributed by atoms with E-state index in [1.165, 1.54) is 5.69 Å². The van der Waals surface area contributed by atoms with E-state index in [1.54, 1.807) is 0 Å². The van der Waals surface area contributed by atoms with Gasteiger partial charge >= 0.3 is 0 Å². The summed E-state index contributed by atoms with van der Waals surface area (Å²) in [6.45, 7) is 5.45. The van der Waals surface area contributed by atoms with E-state index in [0.717, 1.165) is 45.6 Å². The zero-order chi connectivity index (χ0) is 12.8. The van der Waals surface area contributed by atoms with Crippen LogP contribution in [0, 0.1) is 0 Å². The highest BCUT2D eigenvalue weighted by molar-refractivity contribution is 5.02. The lowest BCUT2D eigenvalue weighted by Crippen LogP contribution is -2.52. The van der Waals surface area contributed by atoms with Crippen molar-refractivity contribution in [3.63, 3.8) is 0 Å². The molecule has 0 atom stereocenters. The molecule has 0 radical (unpaired) electrons. The third-order valence-electron chi connectivity index (χ3n) is 3.64. The van der Waals surface area contributed by atoms with Crippen LogP contribution in [0.4, 0.5) is 0 Å². The summed E-state index contributed by atoms with van der Waals surface area (Å²) in [5, 5.41) is 17.4. The molecule has 2 heterocycles. The minimum Gasteiger partial charge on any atom is -0.394 e. The van der Waals surface area contributed by atoms with E-state index in [-0.39, 0.29) is 12.1 Å². The molecule has 5 nitrogen and oxygen atoms in total. The Morgan fingerprint density at radius 3 is 2.94 bits per heavy atom. The lowest BCUT2D eigenvalue weighted by molar-refractivity contribution is 0.0109. The quantitative estimate of drug-likeness (QED) is 0.791. The van der Waals surface area contributed by atoms with Crippen molar-refractivity contribution in [2.75, 3.05) is 19.8 Å². The van der Waals surface area contributed by atoms with Crippen LogP contribution in [0.25, 0.3) is 0 Å². The molecule has 18 heavy (non-hydrogen) atoms. The molecule has 5 heteroatoms. The number of aliphatic hydroxyl groups excluding tert-OH is 1. The molecule has 1 aromatic heterocycles. The Morgan fingerprint density at radius 1 is 1.50 bits per heavy atom. The van der Waals surface area contributed by atoms with E-state index < -0.39 is 0 Å². The van der Waals surface area contributed by atoms with Gasteiger partial charge in [-0.05, 0) is 25.3 Å². The van der Waals surface area contributed by atoms with Gasteiger partial charge in [0.25, 0.3) is 0 Å². The first-order valence-electron chi connectivity index (χ1n) is 6.74. The zero-order valence-electron chi connectivity index (χ0n) is 11.1. The third-order valence-corrected chi connectivity index (χ3v) is 3.64. The van der Waals surface area contributed by atoms with E-state index >= 15 is 0 Å². The van der Waals surface area contributed by atoms with Gasteiger partial charge in [0.2, 0.25) is 0 Å². The Labute approximate surface area is 108 Å². The van der Waals surface area contributed by atoms with E-state index in [0.29, 0.717) is 0 Å². The second-order valence-corrected chi connectivity index (χ2v) is 4.95. The van der Waals surface area contributed by atoms with Crippen molar-refractivity contribution in [1.82, 2.24) is 15.1 Å². The van der Waals surface area contributed by atoms with Gasteiger partial charge < -0.3 is 15.2 Å². The van der Waals surface area contributed by atoms with Crippen molar-refractivity contribution in [2.45, 2.75) is 44.8 Å². The fourth-order valence-electron chi connectivity index (χ4n) is 2.35. The molecule has 2 rings (SSSR count). The van der Waals surface area contributed by atoms with Gasteiger partial charge in [-0.2, -0.15) is 5.10 Å². The average molecular weight is 253 g/mol. The van der Waals surface area contributed by atoms with E-state index in [1.807, 2.05) is 16.9 Å². The van der Waals surface area contributed by atoms with E-state index in [2.05, 4.69) is 17.3 Å². The first-order valence-corrected chi connectivity index (χ1v) is 6.74. The van der Waals surface area contributed by atoms with Crippen LogP contribution in [-0.2, 0) is 17.8 Å². The number of hydrogen-bond donors (Lipinski definition) is 2. The molecule has 0 aliphatic carbocycles. The normalized spacial score (nSPS) is 19.0. The summed E-state index contributed by atoms with van der Waals surface area (Å²) in [6, 6.07) is 2.03. The van der Waals surface area contributed by atoms with E-state index in [4.69, 9.17) is 4.74 Å². The molecule has 102 valence electrons. The predicted molar refractivity (Wildman–Crippen MR) is 69.2 cm³/mol. The van der Waals surface area contributed by atoms with Crippen molar-refractivity contribution in [1.29, 1.82) is 0 Å². The fourth-order valence-corrected chi connectivity index (χ4v) is 2.35. The van der Waals surface area contributed by atoms with Gasteiger partial charge in [0.1, 0.15) is 0 Å². The lowest BCUT2D eigenvalue weighted by atomic mass is 9.91. The number of nitrogens with one attached hydrogen (secondary N) is 1. The molecule has 2 N–H and O–H groups in total. The molecular weight excluding hydrogens is 230 g/mol. The topological polar surface area (TPSA) is 59.3 Å². The minimum atomic E-state index is -0.181. The van der Waals surface area contributed by atoms with E-state index in [9.17, 15) is 5.11 Å². The highest BCUT2D eigenvalue weighted by atomic mass is 16.5. The van der Waals surface area contributed by atoms with Crippen LogP contribution >= 0.6 is 0 Å². The van der Waals surface area contributed by atoms with Crippen LogP contribution in [0.2, 0.25) is 0 Å². The second kappa shape index (κ2) is 6.31. The maximum absolute atomic E-state index is 9.60. The number of hydrogen-bond acceptors (Lipinski definition) is 4. The molecule has 0 bridgehead atoms. The van der Waals surface area contributed by atoms with Gasteiger partial charge in [-0.1, -0.05) is 6.92 Å². The second-order valence-electron chi connectivity index (χ2n) is 4.95. The number of aliphatic hydroxyl groups is 1. The van der Waals surface area contributed by atoms with Crippen molar-refractivity contribution in [2.24, 2.45) is 0 Å². The van der Waals surface area contributed by atoms with Crippen molar-refractivity contribution >= 4 is 0 Å². The highest BCUT2D eigenvalue weighted by Gasteiger charge is 2.31. The van der Waals surface area contributed by atoms with Crippen LogP contribution in [0.5, 0.6) is 0 Å². The first-order chi connectivity index (χ1) is 8.79. The fraction of sp³-hybridized carbons (Fsp3) is 0.769. The summed E-state index contributed by atoms with van der Waals surface area (Å²) < 4.78 is 7.38. The third kappa shape index (κ3) is 3.10. The molecule has 1 saturated heterocycles. The van der Waals surface area contributed by atoms with Gasteiger partial charge in [0.15, 0.2) is 0 Å². The Balaban J connectivity index is 1.94. The Bertz CT molecular complexity index is 359. The number of ether oxygens (including phenoxy) is 1. The Kier molecular flexibility index (Phi) is 4.74. The predicted octanol–water partition coefficient (Wildman–Crippen LogP) is 0.924. The van der Waals surface area contributed by atoms with Gasteiger partial charge in [0.05, 0.1) is 12.3 Å². The zero-order valence-corrected chi connectivity index (χ0v) is 11.1. The molecule has 0 amide bonds. The highest BCUT2D eigenvalue weighted by Crippen LogP contribution is 2.20. The Hall–Kier alpha value is -0.910. The summed E-state index contributed by atoms with van der Waals surface area (Å²) >= 11 is 0. The number of rotatable bonds is 6.